The second-order valence-corrected chi connectivity index (χ2v) is 2.75. The summed E-state index contributed by atoms with van der Waals surface area (Å²) >= 11 is 0. The Labute approximate surface area is 83.3 Å². The minimum Gasteiger partial charge on any atom is -0.323 e. The summed E-state index contributed by atoms with van der Waals surface area (Å²) in [5.41, 5.74) is 4.85. The van der Waals surface area contributed by atoms with E-state index in [0.29, 0.717) is 0 Å². The smallest absolute Gasteiger partial charge is 0.323 e. The van der Waals surface area contributed by atoms with Crippen LogP contribution in [0.3, 0.4) is 0 Å². The maximum absolute atomic E-state index is 12.0. The molecule has 0 saturated carbocycles. The molecule has 0 aliphatic rings. The van der Waals surface area contributed by atoms with Crippen LogP contribution in [0.15, 0.2) is 24.5 Å². The van der Waals surface area contributed by atoms with Gasteiger partial charge in [-0.2, -0.15) is 13.2 Å². The van der Waals surface area contributed by atoms with Crippen LogP contribution in [0.2, 0.25) is 0 Å². The number of amides is 1. The first-order chi connectivity index (χ1) is 6.91. The molecule has 7 heteroatoms. The molecule has 1 heterocycles. The number of nitrogens with zero attached hydrogens (tertiary/aromatic N) is 1. The molecule has 0 aliphatic carbocycles. The van der Waals surface area contributed by atoms with Crippen LogP contribution < -0.4 is 11.1 Å². The van der Waals surface area contributed by atoms with Gasteiger partial charge in [-0.05, 0) is 12.1 Å². The zero-order valence-corrected chi connectivity index (χ0v) is 7.45. The topological polar surface area (TPSA) is 68.0 Å². The maximum Gasteiger partial charge on any atom is 0.412 e. The van der Waals surface area contributed by atoms with Crippen LogP contribution >= 0.6 is 0 Å². The lowest BCUT2D eigenvalue weighted by atomic mass is 10.3. The summed E-state index contributed by atoms with van der Waals surface area (Å²) in [6, 6.07) is 0.362. The zero-order chi connectivity index (χ0) is 11.5. The van der Waals surface area contributed by atoms with Gasteiger partial charge in [0.05, 0.1) is 11.9 Å². The predicted molar refractivity (Wildman–Crippen MR) is 46.9 cm³/mol. The number of anilines is 1. The van der Waals surface area contributed by atoms with Crippen molar-refractivity contribution >= 4 is 11.6 Å². The Morgan fingerprint density at radius 1 is 1.53 bits per heavy atom. The molecule has 0 radical (unpaired) electrons. The molecule has 1 aromatic heterocycles. The molecule has 0 fully saturated rings. The number of hydrogen-bond donors (Lipinski definition) is 2. The van der Waals surface area contributed by atoms with Crippen molar-refractivity contribution in [1.29, 1.82) is 0 Å². The molecule has 0 bridgehead atoms. The van der Waals surface area contributed by atoms with Crippen molar-refractivity contribution < 1.29 is 18.0 Å². The number of pyridine rings is 1. The number of carbonyl (C=O) groups is 1. The van der Waals surface area contributed by atoms with Gasteiger partial charge in [0.25, 0.3) is 5.91 Å². The monoisotopic (exact) mass is 219 g/mol. The van der Waals surface area contributed by atoms with Crippen molar-refractivity contribution in [2.24, 2.45) is 5.73 Å². The molecule has 0 spiro atoms. The summed E-state index contributed by atoms with van der Waals surface area (Å²) in [4.78, 5) is 14.6. The summed E-state index contributed by atoms with van der Waals surface area (Å²) in [6.07, 6.45) is -2.09. The first-order valence-corrected chi connectivity index (χ1v) is 3.94. The lowest BCUT2D eigenvalue weighted by molar-refractivity contribution is -0.159. The lowest BCUT2D eigenvalue weighted by Crippen LogP contribution is -2.47. The molecule has 1 unspecified atom stereocenters. The van der Waals surface area contributed by atoms with Gasteiger partial charge in [0.15, 0.2) is 6.04 Å². The van der Waals surface area contributed by atoms with Crippen molar-refractivity contribution in [3.8, 4) is 0 Å². The SMILES string of the molecule is NC(C(=O)Nc1cccnc1)C(F)(F)F. The number of halogens is 3. The third-order valence-electron chi connectivity index (χ3n) is 1.56. The van der Waals surface area contributed by atoms with E-state index in [9.17, 15) is 18.0 Å². The van der Waals surface area contributed by atoms with Crippen LogP contribution in [0.1, 0.15) is 0 Å². The highest BCUT2D eigenvalue weighted by Gasteiger charge is 2.41. The molecular weight excluding hydrogens is 211 g/mol. The van der Waals surface area contributed by atoms with Crippen molar-refractivity contribution in [2.75, 3.05) is 5.32 Å². The van der Waals surface area contributed by atoms with Crippen LogP contribution in [0.25, 0.3) is 0 Å². The number of nitrogens with one attached hydrogen (secondary N) is 1. The summed E-state index contributed by atoms with van der Waals surface area (Å²) in [5.74, 6) is -1.31. The third kappa shape index (κ3) is 3.21. The second kappa shape index (κ2) is 4.26. The standard InChI is InChI=1S/C8H8F3N3O/c9-8(10,11)6(12)7(15)14-5-2-1-3-13-4-5/h1-4,6H,12H2,(H,14,15). The fourth-order valence-corrected chi connectivity index (χ4v) is 0.805. The van der Waals surface area contributed by atoms with Gasteiger partial charge in [0.1, 0.15) is 0 Å². The van der Waals surface area contributed by atoms with E-state index in [1.54, 1.807) is 0 Å². The van der Waals surface area contributed by atoms with Crippen molar-refractivity contribution in [3.63, 3.8) is 0 Å². The highest BCUT2D eigenvalue weighted by Crippen LogP contribution is 2.19. The quantitative estimate of drug-likeness (QED) is 0.776. The molecule has 4 nitrogen and oxygen atoms in total. The average Bonchev–Trinajstić information content (AvgIpc) is 2.16. The van der Waals surface area contributed by atoms with Crippen molar-refractivity contribution in [3.05, 3.63) is 24.5 Å². The molecule has 1 amide bonds. The van der Waals surface area contributed by atoms with E-state index in [1.165, 1.54) is 24.5 Å². The first-order valence-electron chi connectivity index (χ1n) is 3.94. The van der Waals surface area contributed by atoms with Crippen LogP contribution in [0.4, 0.5) is 18.9 Å². The maximum atomic E-state index is 12.0. The minimum absolute atomic E-state index is 0.169. The largest absolute Gasteiger partial charge is 0.412 e. The van der Waals surface area contributed by atoms with E-state index in [4.69, 9.17) is 0 Å². The van der Waals surface area contributed by atoms with Crippen LogP contribution in [-0.2, 0) is 4.79 Å². The molecule has 82 valence electrons. The predicted octanol–water partition coefficient (Wildman–Crippen LogP) is 0.910. The molecule has 0 aliphatic heterocycles. The van der Waals surface area contributed by atoms with Gasteiger partial charge in [-0.1, -0.05) is 0 Å². The number of hydrogen-bond acceptors (Lipinski definition) is 3. The molecule has 0 aromatic carbocycles. The first kappa shape index (κ1) is 11.4. The Morgan fingerprint density at radius 3 is 2.67 bits per heavy atom. The lowest BCUT2D eigenvalue weighted by Gasteiger charge is -2.14. The normalized spacial score (nSPS) is 13.3. The highest BCUT2D eigenvalue weighted by molar-refractivity contribution is 5.95. The van der Waals surface area contributed by atoms with E-state index in [0.717, 1.165) is 0 Å². The Bertz CT molecular complexity index is 339. The summed E-state index contributed by atoms with van der Waals surface area (Å²) in [6.45, 7) is 0. The van der Waals surface area contributed by atoms with Gasteiger partial charge in [-0.3, -0.25) is 9.78 Å². The van der Waals surface area contributed by atoms with Gasteiger partial charge in [0, 0.05) is 6.20 Å². The van der Waals surface area contributed by atoms with Crippen LogP contribution in [0.5, 0.6) is 0 Å². The second-order valence-electron chi connectivity index (χ2n) is 2.75. The van der Waals surface area contributed by atoms with Gasteiger partial charge >= 0.3 is 6.18 Å². The van der Waals surface area contributed by atoms with Crippen LogP contribution in [-0.4, -0.2) is 23.1 Å². The van der Waals surface area contributed by atoms with Gasteiger partial charge in [0.2, 0.25) is 0 Å². The molecule has 1 atom stereocenters. The zero-order valence-electron chi connectivity index (χ0n) is 7.45. The molecule has 1 rings (SSSR count). The Kier molecular flexibility index (Phi) is 3.25. The van der Waals surface area contributed by atoms with E-state index < -0.39 is 18.1 Å². The molecule has 0 saturated heterocycles. The summed E-state index contributed by atoms with van der Waals surface area (Å²) < 4.78 is 36.0. The average molecular weight is 219 g/mol. The third-order valence-corrected chi connectivity index (χ3v) is 1.56. The summed E-state index contributed by atoms with van der Waals surface area (Å²) in [5, 5.41) is 2.00. The Balaban J connectivity index is 2.65. The minimum atomic E-state index is -4.74. The molecule has 3 N–H and O–H groups in total. The van der Waals surface area contributed by atoms with E-state index in [-0.39, 0.29) is 5.69 Å². The number of rotatable bonds is 2. The number of carbonyl (C=O) groups excluding carboxylic acids is 1. The Hall–Kier alpha value is -1.63. The number of alkyl halides is 3. The molecular formula is C8H8F3N3O. The fourth-order valence-electron chi connectivity index (χ4n) is 0.805. The van der Waals surface area contributed by atoms with E-state index in [1.807, 2.05) is 5.32 Å². The Morgan fingerprint density at radius 2 is 2.20 bits per heavy atom. The summed E-state index contributed by atoms with van der Waals surface area (Å²) in [7, 11) is 0. The van der Waals surface area contributed by atoms with E-state index in [2.05, 4.69) is 10.7 Å². The van der Waals surface area contributed by atoms with E-state index >= 15 is 0 Å². The van der Waals surface area contributed by atoms with Crippen LogP contribution in [0, 0.1) is 0 Å². The number of nitrogens with two attached hydrogens (primary N) is 1. The molecule has 15 heavy (non-hydrogen) atoms. The van der Waals surface area contributed by atoms with Gasteiger partial charge in [-0.25, -0.2) is 0 Å². The molecule has 1 aromatic rings. The number of aromatic nitrogens is 1. The van der Waals surface area contributed by atoms with Gasteiger partial charge < -0.3 is 11.1 Å². The van der Waals surface area contributed by atoms with Crippen molar-refractivity contribution in [2.45, 2.75) is 12.2 Å². The van der Waals surface area contributed by atoms with Gasteiger partial charge in [-0.15, -0.1) is 0 Å². The highest BCUT2D eigenvalue weighted by atomic mass is 19.4. The fraction of sp³-hybridized carbons (Fsp3) is 0.250. The van der Waals surface area contributed by atoms with Crippen molar-refractivity contribution in [1.82, 2.24) is 4.98 Å².